The molecule has 0 bridgehead atoms. The molecule has 0 fully saturated rings. The van der Waals surface area contributed by atoms with Gasteiger partial charge in [-0.3, -0.25) is 10.1 Å². The molecule has 21 heavy (non-hydrogen) atoms. The second-order valence-corrected chi connectivity index (χ2v) is 4.85. The van der Waals surface area contributed by atoms with Crippen molar-refractivity contribution in [3.05, 3.63) is 63.8 Å². The average Bonchev–Trinajstić information content (AvgIpc) is 2.49. The molecule has 2 aromatic rings. The molecule has 3 N–H and O–H groups in total. The van der Waals surface area contributed by atoms with E-state index in [-0.39, 0.29) is 11.7 Å². The number of rotatable bonds is 6. The van der Waals surface area contributed by atoms with E-state index in [2.05, 4.69) is 10.3 Å². The van der Waals surface area contributed by atoms with Crippen molar-refractivity contribution in [2.45, 2.75) is 19.4 Å². The Labute approximate surface area is 123 Å². The second-order valence-electron chi connectivity index (χ2n) is 4.85. The minimum atomic E-state index is -0.449. The first kappa shape index (κ1) is 14.9. The highest BCUT2D eigenvalue weighted by atomic mass is 16.6. The van der Waals surface area contributed by atoms with Crippen LogP contribution in [0, 0.1) is 17.0 Å². The summed E-state index contributed by atoms with van der Waals surface area (Å²) < 4.78 is 0. The summed E-state index contributed by atoms with van der Waals surface area (Å²) in [6.07, 6.45) is 2.01. The van der Waals surface area contributed by atoms with Gasteiger partial charge in [-0.05, 0) is 24.5 Å². The van der Waals surface area contributed by atoms with Crippen LogP contribution in [0.5, 0.6) is 0 Å². The maximum atomic E-state index is 10.7. The molecular weight excluding hydrogens is 268 g/mol. The molecule has 6 heteroatoms. The fraction of sp³-hybridized carbons (Fsp3) is 0.267. The summed E-state index contributed by atoms with van der Waals surface area (Å²) in [5.74, 6) is 0.654. The topological polar surface area (TPSA) is 94.1 Å². The first-order chi connectivity index (χ1) is 10.1. The van der Waals surface area contributed by atoms with Gasteiger partial charge in [-0.15, -0.1) is 0 Å². The number of nitrogens with two attached hydrogens (primary N) is 1. The average molecular weight is 286 g/mol. The Bertz CT molecular complexity index is 616. The van der Waals surface area contributed by atoms with Gasteiger partial charge in [0.2, 0.25) is 0 Å². The van der Waals surface area contributed by atoms with E-state index in [1.807, 2.05) is 30.3 Å². The van der Waals surface area contributed by atoms with Crippen molar-refractivity contribution in [3.63, 3.8) is 0 Å². The van der Waals surface area contributed by atoms with Crippen LogP contribution in [0.4, 0.5) is 11.5 Å². The first-order valence-electron chi connectivity index (χ1n) is 6.73. The van der Waals surface area contributed by atoms with Crippen LogP contribution in [0.25, 0.3) is 0 Å². The number of hydrogen-bond donors (Lipinski definition) is 2. The van der Waals surface area contributed by atoms with Gasteiger partial charge < -0.3 is 11.1 Å². The van der Waals surface area contributed by atoms with Crippen LogP contribution in [-0.4, -0.2) is 16.5 Å². The third-order valence-electron chi connectivity index (χ3n) is 3.25. The molecule has 1 aromatic carbocycles. The van der Waals surface area contributed by atoms with Crippen LogP contribution in [0.15, 0.2) is 42.6 Å². The van der Waals surface area contributed by atoms with E-state index < -0.39 is 4.92 Å². The second kappa shape index (κ2) is 6.81. The van der Waals surface area contributed by atoms with Gasteiger partial charge in [0, 0.05) is 18.7 Å². The van der Waals surface area contributed by atoms with E-state index in [4.69, 9.17) is 5.73 Å². The third kappa shape index (κ3) is 4.00. The molecule has 0 aliphatic carbocycles. The van der Waals surface area contributed by atoms with Gasteiger partial charge in [0.15, 0.2) is 0 Å². The summed E-state index contributed by atoms with van der Waals surface area (Å²) in [6, 6.07) is 11.3. The molecule has 1 atom stereocenters. The summed E-state index contributed by atoms with van der Waals surface area (Å²) in [4.78, 5) is 14.3. The van der Waals surface area contributed by atoms with E-state index in [0.29, 0.717) is 12.4 Å². The van der Waals surface area contributed by atoms with Gasteiger partial charge in [-0.25, -0.2) is 4.98 Å². The van der Waals surface area contributed by atoms with Gasteiger partial charge >= 0.3 is 0 Å². The largest absolute Gasteiger partial charge is 0.370 e. The van der Waals surface area contributed by atoms with Crippen LogP contribution in [0.2, 0.25) is 0 Å². The SMILES string of the molecule is Cc1cc([N+](=O)[O-])cnc1NCCC(N)c1ccccc1. The minimum Gasteiger partial charge on any atom is -0.370 e. The van der Waals surface area contributed by atoms with Crippen molar-refractivity contribution in [2.24, 2.45) is 5.73 Å². The molecule has 6 nitrogen and oxygen atoms in total. The molecule has 1 heterocycles. The molecule has 0 radical (unpaired) electrons. The lowest BCUT2D eigenvalue weighted by molar-refractivity contribution is -0.385. The summed E-state index contributed by atoms with van der Waals surface area (Å²) >= 11 is 0. The van der Waals surface area contributed by atoms with Crippen molar-refractivity contribution in [2.75, 3.05) is 11.9 Å². The molecule has 0 saturated heterocycles. The lowest BCUT2D eigenvalue weighted by Crippen LogP contribution is -2.16. The first-order valence-corrected chi connectivity index (χ1v) is 6.73. The van der Waals surface area contributed by atoms with E-state index >= 15 is 0 Å². The summed E-state index contributed by atoms with van der Waals surface area (Å²) in [6.45, 7) is 2.45. The molecular formula is C15H18N4O2. The van der Waals surface area contributed by atoms with E-state index in [1.54, 1.807) is 6.92 Å². The Morgan fingerprint density at radius 3 is 2.71 bits per heavy atom. The number of hydrogen-bond acceptors (Lipinski definition) is 5. The number of pyridine rings is 1. The van der Waals surface area contributed by atoms with Crippen molar-refractivity contribution in [3.8, 4) is 0 Å². The monoisotopic (exact) mass is 286 g/mol. The fourth-order valence-electron chi connectivity index (χ4n) is 2.06. The summed E-state index contributed by atoms with van der Waals surface area (Å²) in [7, 11) is 0. The Balaban J connectivity index is 1.90. The fourth-order valence-corrected chi connectivity index (χ4v) is 2.06. The van der Waals surface area contributed by atoms with Crippen LogP contribution in [0.1, 0.15) is 23.6 Å². The number of benzene rings is 1. The molecule has 0 amide bonds. The Kier molecular flexibility index (Phi) is 4.84. The molecule has 0 aliphatic rings. The zero-order valence-corrected chi connectivity index (χ0v) is 11.8. The highest BCUT2D eigenvalue weighted by Gasteiger charge is 2.10. The Hall–Kier alpha value is -2.47. The number of nitrogens with zero attached hydrogens (tertiary/aromatic N) is 2. The third-order valence-corrected chi connectivity index (χ3v) is 3.25. The quantitative estimate of drug-likeness (QED) is 0.629. The number of aromatic nitrogens is 1. The Morgan fingerprint density at radius 1 is 1.38 bits per heavy atom. The smallest absolute Gasteiger partial charge is 0.287 e. The van der Waals surface area contributed by atoms with Crippen LogP contribution in [0.3, 0.4) is 0 Å². The van der Waals surface area contributed by atoms with E-state index in [0.717, 1.165) is 17.5 Å². The number of aryl methyl sites for hydroxylation is 1. The highest BCUT2D eigenvalue weighted by molar-refractivity contribution is 5.48. The molecule has 0 saturated carbocycles. The molecule has 1 unspecified atom stereocenters. The van der Waals surface area contributed by atoms with Gasteiger partial charge in [-0.2, -0.15) is 0 Å². The maximum absolute atomic E-state index is 10.7. The van der Waals surface area contributed by atoms with Crippen LogP contribution >= 0.6 is 0 Å². The normalized spacial score (nSPS) is 11.9. The molecule has 0 spiro atoms. The van der Waals surface area contributed by atoms with Crippen molar-refractivity contribution < 1.29 is 4.92 Å². The predicted octanol–water partition coefficient (Wildman–Crippen LogP) is 2.80. The zero-order chi connectivity index (χ0) is 15.2. The van der Waals surface area contributed by atoms with Crippen LogP contribution in [-0.2, 0) is 0 Å². The van der Waals surface area contributed by atoms with Gasteiger partial charge in [0.25, 0.3) is 5.69 Å². The number of nitro groups is 1. The van der Waals surface area contributed by atoms with Crippen molar-refractivity contribution in [1.82, 2.24) is 4.98 Å². The predicted molar refractivity (Wildman–Crippen MR) is 82.1 cm³/mol. The van der Waals surface area contributed by atoms with Gasteiger partial charge in [-0.1, -0.05) is 30.3 Å². The zero-order valence-electron chi connectivity index (χ0n) is 11.8. The molecule has 2 rings (SSSR count). The lowest BCUT2D eigenvalue weighted by Gasteiger charge is -2.13. The molecule has 110 valence electrons. The van der Waals surface area contributed by atoms with E-state index in [9.17, 15) is 10.1 Å². The van der Waals surface area contributed by atoms with Crippen LogP contribution < -0.4 is 11.1 Å². The number of anilines is 1. The molecule has 1 aromatic heterocycles. The standard InChI is InChI=1S/C15H18N4O2/c1-11-9-13(19(20)21)10-18-15(11)17-8-7-14(16)12-5-3-2-4-6-12/h2-6,9-10,14H,7-8,16H2,1H3,(H,17,18). The lowest BCUT2D eigenvalue weighted by atomic mass is 10.1. The highest BCUT2D eigenvalue weighted by Crippen LogP contribution is 2.19. The minimum absolute atomic E-state index is 0.000892. The van der Waals surface area contributed by atoms with Crippen molar-refractivity contribution >= 4 is 11.5 Å². The summed E-state index contributed by atoms with van der Waals surface area (Å²) in [5, 5.41) is 13.8. The number of nitrogens with one attached hydrogen (secondary N) is 1. The maximum Gasteiger partial charge on any atom is 0.287 e. The molecule has 0 aliphatic heterocycles. The van der Waals surface area contributed by atoms with Gasteiger partial charge in [0.05, 0.1) is 4.92 Å². The Morgan fingerprint density at radius 2 is 2.10 bits per heavy atom. The van der Waals surface area contributed by atoms with Crippen molar-refractivity contribution in [1.29, 1.82) is 0 Å². The van der Waals surface area contributed by atoms with Gasteiger partial charge in [0.1, 0.15) is 12.0 Å². The van der Waals surface area contributed by atoms with E-state index in [1.165, 1.54) is 12.3 Å². The summed E-state index contributed by atoms with van der Waals surface area (Å²) in [5.41, 5.74) is 7.95.